The van der Waals surface area contributed by atoms with Gasteiger partial charge in [0.05, 0.1) is 39.3 Å². The zero-order valence-electron chi connectivity index (χ0n) is 26.6. The number of rotatable bonds is 11. The third-order valence-electron chi connectivity index (χ3n) is 8.17. The molecule has 0 aromatic heterocycles. The number of ether oxygens (including phenoxy) is 3. The summed E-state index contributed by atoms with van der Waals surface area (Å²) < 4.78 is 42.4. The summed E-state index contributed by atoms with van der Waals surface area (Å²) >= 11 is 1.59. The van der Waals surface area contributed by atoms with Crippen LogP contribution in [0.4, 0.5) is 5.69 Å². The third-order valence-corrected chi connectivity index (χ3v) is 10.1. The summed E-state index contributed by atoms with van der Waals surface area (Å²) in [5.74, 6) is 1.62. The predicted octanol–water partition coefficient (Wildman–Crippen LogP) is 2.50. The number of fused-ring (bicyclic) bond motifs is 3. The number of benzene rings is 1. The van der Waals surface area contributed by atoms with Crippen molar-refractivity contribution in [3.63, 3.8) is 0 Å². The number of sulfonamides is 1. The molecule has 1 saturated heterocycles. The highest BCUT2D eigenvalue weighted by molar-refractivity contribution is 7.98. The lowest BCUT2D eigenvalue weighted by Gasteiger charge is -2.35. The molecule has 246 valence electrons. The van der Waals surface area contributed by atoms with Gasteiger partial charge in [-0.25, -0.2) is 8.42 Å². The van der Waals surface area contributed by atoms with Gasteiger partial charge in [0.25, 0.3) is 0 Å². The van der Waals surface area contributed by atoms with Crippen LogP contribution in [0, 0.1) is 0 Å². The van der Waals surface area contributed by atoms with E-state index in [-0.39, 0.29) is 49.1 Å². The first-order chi connectivity index (χ1) is 21.4. The second-order valence-electron chi connectivity index (χ2n) is 11.1. The molecular weight excluding hydrogens is 620 g/mol. The summed E-state index contributed by atoms with van der Waals surface area (Å²) in [6, 6.07) is 5.73. The van der Waals surface area contributed by atoms with E-state index in [9.17, 15) is 22.8 Å². The Balaban J connectivity index is 1.79. The molecule has 2 unspecified atom stereocenters. The molecule has 14 heteroatoms. The Hall–Kier alpha value is -3.49. The summed E-state index contributed by atoms with van der Waals surface area (Å²) in [4.78, 5) is 41.4. The van der Waals surface area contributed by atoms with Crippen LogP contribution in [0.3, 0.4) is 0 Å². The Kier molecular flexibility index (Phi) is 11.3. The molecule has 4 rings (SSSR count). The van der Waals surface area contributed by atoms with Crippen LogP contribution in [0.15, 0.2) is 29.1 Å². The molecule has 1 aliphatic heterocycles. The Morgan fingerprint density at radius 3 is 2.31 bits per heavy atom. The molecule has 12 nitrogen and oxygen atoms in total. The maximum Gasteiger partial charge on any atom is 0.245 e. The van der Waals surface area contributed by atoms with Crippen molar-refractivity contribution >= 4 is 39.3 Å². The molecule has 1 heterocycles. The standard InChI is InChI=1S/C31H42N4O8S2/c1-19(36)32-23-9-7-20-17-27(41-2)29(42-3)30(43-4)28(20)21-8-10-24(26(37)18-22(21)23)33-25(11-16-44-5)31(38)34-12-14-35(15-13-34)45(6,39)40/h8,10,17-18,23,25H,7,9,11-16H2,1-6H3,(H,32,36)(H,33,37). The van der Waals surface area contributed by atoms with E-state index < -0.39 is 22.1 Å². The fourth-order valence-electron chi connectivity index (χ4n) is 5.97. The minimum absolute atomic E-state index is 0.190. The molecule has 2 amide bonds. The zero-order valence-corrected chi connectivity index (χ0v) is 28.2. The summed E-state index contributed by atoms with van der Waals surface area (Å²) in [6.07, 6.45) is 4.68. The lowest BCUT2D eigenvalue weighted by molar-refractivity contribution is -0.133. The van der Waals surface area contributed by atoms with Crippen molar-refractivity contribution in [2.45, 2.75) is 38.3 Å². The molecule has 45 heavy (non-hydrogen) atoms. The number of hydrogen-bond donors (Lipinski definition) is 2. The molecular formula is C31H42N4O8S2. The van der Waals surface area contributed by atoms with Gasteiger partial charge in [-0.1, -0.05) is 6.07 Å². The molecule has 2 N–H and O–H groups in total. The molecule has 2 atom stereocenters. The predicted molar refractivity (Wildman–Crippen MR) is 176 cm³/mol. The number of nitrogens with one attached hydrogen (secondary N) is 2. The minimum atomic E-state index is -3.34. The van der Waals surface area contributed by atoms with Crippen LogP contribution in [0.1, 0.15) is 36.9 Å². The molecule has 2 aliphatic rings. The number of amides is 2. The van der Waals surface area contributed by atoms with Gasteiger partial charge in [0.1, 0.15) is 6.04 Å². The highest BCUT2D eigenvalue weighted by atomic mass is 32.2. The third kappa shape index (κ3) is 7.67. The van der Waals surface area contributed by atoms with Crippen LogP contribution in [-0.4, -0.2) is 101 Å². The number of anilines is 1. The van der Waals surface area contributed by atoms with Gasteiger partial charge in [-0.2, -0.15) is 16.1 Å². The zero-order chi connectivity index (χ0) is 32.9. The lowest BCUT2D eigenvalue weighted by atomic mass is 9.95. The number of hydrogen-bond acceptors (Lipinski definition) is 10. The van der Waals surface area contributed by atoms with E-state index in [0.29, 0.717) is 53.4 Å². The molecule has 0 radical (unpaired) electrons. The fraction of sp³-hybridized carbons (Fsp3) is 0.516. The Bertz CT molecular complexity index is 1590. The number of carbonyl (C=O) groups is 2. The molecule has 1 fully saturated rings. The van der Waals surface area contributed by atoms with Crippen LogP contribution in [0.5, 0.6) is 17.2 Å². The highest BCUT2D eigenvalue weighted by Crippen LogP contribution is 2.50. The first kappa shape index (κ1) is 34.4. The van der Waals surface area contributed by atoms with Gasteiger partial charge in [0.2, 0.25) is 33.0 Å². The SMILES string of the molecule is COc1cc2c(c(OC)c1OC)-c1ccc(NC(CCSC)C(=O)N3CCN(S(C)(=O)=O)CC3)c(=O)cc1C(NC(C)=O)CC2. The second kappa shape index (κ2) is 14.7. The van der Waals surface area contributed by atoms with Crippen LogP contribution in [-0.2, 0) is 26.0 Å². The number of piperazine rings is 1. The van der Waals surface area contributed by atoms with Gasteiger partial charge < -0.3 is 29.7 Å². The monoisotopic (exact) mass is 662 g/mol. The first-order valence-electron chi connectivity index (χ1n) is 14.7. The van der Waals surface area contributed by atoms with Crippen molar-refractivity contribution < 1.29 is 32.2 Å². The number of thioether (sulfide) groups is 1. The first-order valence-corrected chi connectivity index (χ1v) is 17.9. The fourth-order valence-corrected chi connectivity index (χ4v) is 7.27. The van der Waals surface area contributed by atoms with Crippen LogP contribution >= 0.6 is 11.8 Å². The van der Waals surface area contributed by atoms with Crippen molar-refractivity contribution in [3.05, 3.63) is 45.6 Å². The average Bonchev–Trinajstić information content (AvgIpc) is 3.25. The van der Waals surface area contributed by atoms with Crippen LogP contribution in [0.25, 0.3) is 11.1 Å². The molecule has 0 saturated carbocycles. The van der Waals surface area contributed by atoms with E-state index in [2.05, 4.69) is 10.6 Å². The van der Waals surface area contributed by atoms with E-state index in [1.54, 1.807) is 36.9 Å². The Morgan fingerprint density at radius 2 is 1.73 bits per heavy atom. The topological polar surface area (TPSA) is 144 Å². The molecule has 0 spiro atoms. The summed E-state index contributed by atoms with van der Waals surface area (Å²) in [5, 5.41) is 6.22. The van der Waals surface area contributed by atoms with Crippen molar-refractivity contribution in [2.24, 2.45) is 0 Å². The maximum absolute atomic E-state index is 13.8. The van der Waals surface area contributed by atoms with Gasteiger partial charge in [-0.3, -0.25) is 14.4 Å². The van der Waals surface area contributed by atoms with E-state index in [1.165, 1.54) is 24.4 Å². The van der Waals surface area contributed by atoms with E-state index in [0.717, 1.165) is 17.4 Å². The number of methoxy groups -OCH3 is 3. The van der Waals surface area contributed by atoms with E-state index in [1.807, 2.05) is 18.4 Å². The van der Waals surface area contributed by atoms with Crippen LogP contribution in [0.2, 0.25) is 0 Å². The molecule has 2 aromatic carbocycles. The van der Waals surface area contributed by atoms with Crippen molar-refractivity contribution in [1.82, 2.24) is 14.5 Å². The minimum Gasteiger partial charge on any atom is -0.493 e. The van der Waals surface area contributed by atoms with Gasteiger partial charge >= 0.3 is 0 Å². The smallest absolute Gasteiger partial charge is 0.245 e. The Labute approximate surface area is 268 Å². The average molecular weight is 663 g/mol. The second-order valence-corrected chi connectivity index (χ2v) is 14.0. The lowest BCUT2D eigenvalue weighted by Crippen LogP contribution is -2.54. The molecule has 1 aliphatic carbocycles. The van der Waals surface area contributed by atoms with Gasteiger partial charge in [0, 0.05) is 38.7 Å². The van der Waals surface area contributed by atoms with Gasteiger partial charge in [-0.05, 0) is 66.2 Å². The van der Waals surface area contributed by atoms with E-state index >= 15 is 0 Å². The number of carbonyl (C=O) groups excluding carboxylic acids is 2. The normalized spacial score (nSPS) is 17.3. The molecule has 2 aromatic rings. The van der Waals surface area contributed by atoms with E-state index in [4.69, 9.17) is 14.2 Å². The largest absolute Gasteiger partial charge is 0.493 e. The van der Waals surface area contributed by atoms with Gasteiger partial charge in [0.15, 0.2) is 11.5 Å². The van der Waals surface area contributed by atoms with Crippen molar-refractivity contribution in [3.8, 4) is 28.4 Å². The van der Waals surface area contributed by atoms with Crippen molar-refractivity contribution in [2.75, 3.05) is 71.1 Å². The molecule has 0 bridgehead atoms. The summed E-state index contributed by atoms with van der Waals surface area (Å²) in [7, 11) is 1.28. The van der Waals surface area contributed by atoms with Gasteiger partial charge in [-0.15, -0.1) is 0 Å². The number of aryl methyl sites for hydroxylation is 1. The maximum atomic E-state index is 13.8. The summed E-state index contributed by atoms with van der Waals surface area (Å²) in [6.45, 7) is 2.42. The Morgan fingerprint density at radius 1 is 1.04 bits per heavy atom. The van der Waals surface area contributed by atoms with Crippen LogP contribution < -0.4 is 30.3 Å². The highest BCUT2D eigenvalue weighted by Gasteiger charge is 2.32. The quantitative estimate of drug-likeness (QED) is 0.369. The number of nitrogens with zero attached hydrogens (tertiary/aromatic N) is 2. The van der Waals surface area contributed by atoms with Crippen molar-refractivity contribution in [1.29, 1.82) is 0 Å². The summed E-state index contributed by atoms with van der Waals surface area (Å²) in [5.41, 5.74) is 2.86.